The largest absolute Gasteiger partial charge is 0.394 e. The Kier molecular flexibility index (Phi) is 3.55. The number of hydrogen-bond donors (Lipinski definition) is 3. The highest BCUT2D eigenvalue weighted by molar-refractivity contribution is 9.10. The minimum absolute atomic E-state index is 0.226. The maximum atomic E-state index is 9.89. The van der Waals surface area contributed by atoms with Gasteiger partial charge in [-0.2, -0.15) is 0 Å². The fourth-order valence-corrected chi connectivity index (χ4v) is 2.88. The summed E-state index contributed by atoms with van der Waals surface area (Å²) >= 11 is 9.31. The van der Waals surface area contributed by atoms with Gasteiger partial charge in [0.1, 0.15) is 23.1 Å². The Hall–Kier alpha value is -1.00. The monoisotopic (exact) mass is 363 g/mol. The van der Waals surface area contributed by atoms with Crippen LogP contribution in [0.15, 0.2) is 11.1 Å². The summed E-state index contributed by atoms with van der Waals surface area (Å²) in [7, 11) is 0. The number of aliphatic hydroxyl groups is 2. The molecule has 2 aromatic rings. The fourth-order valence-electron chi connectivity index (χ4n) is 2.18. The zero-order valence-electron chi connectivity index (χ0n) is 10.0. The molecule has 0 unspecified atom stereocenters. The highest BCUT2D eigenvalue weighted by atomic mass is 79.9. The second-order valence-corrected chi connectivity index (χ2v) is 5.60. The van der Waals surface area contributed by atoms with Crippen LogP contribution >= 0.6 is 27.5 Å². The number of halogens is 2. The smallest absolute Gasteiger partial charge is 0.200 e. The zero-order valence-corrected chi connectivity index (χ0v) is 12.4. The van der Waals surface area contributed by atoms with Crippen molar-refractivity contribution < 1.29 is 14.9 Å². The van der Waals surface area contributed by atoms with Crippen LogP contribution in [0.3, 0.4) is 0 Å². The lowest BCUT2D eigenvalue weighted by Crippen LogP contribution is -2.29. The summed E-state index contributed by atoms with van der Waals surface area (Å²) in [5, 5.41) is 18.3. The molecule has 4 N–H and O–H groups in total. The third-order valence-electron chi connectivity index (χ3n) is 3.17. The molecule has 1 aliphatic heterocycles. The summed E-state index contributed by atoms with van der Waals surface area (Å²) < 4.78 is 7.42. The van der Waals surface area contributed by atoms with Gasteiger partial charge >= 0.3 is 0 Å². The Morgan fingerprint density at radius 2 is 2.25 bits per heavy atom. The van der Waals surface area contributed by atoms with Crippen molar-refractivity contribution in [3.63, 3.8) is 0 Å². The summed E-state index contributed by atoms with van der Waals surface area (Å²) in [5.74, 6) is 0.226. The Labute approximate surface area is 126 Å². The molecule has 0 radical (unpaired) electrons. The van der Waals surface area contributed by atoms with E-state index in [2.05, 4.69) is 30.9 Å². The van der Waals surface area contributed by atoms with Gasteiger partial charge in [-0.1, -0.05) is 0 Å². The van der Waals surface area contributed by atoms with Gasteiger partial charge in [0.25, 0.3) is 0 Å². The number of nitrogens with zero attached hydrogens (tertiary/aromatic N) is 4. The first-order valence-electron chi connectivity index (χ1n) is 5.77. The van der Waals surface area contributed by atoms with E-state index in [0.29, 0.717) is 15.9 Å². The van der Waals surface area contributed by atoms with E-state index in [1.165, 1.54) is 6.33 Å². The van der Waals surface area contributed by atoms with Crippen molar-refractivity contribution in [2.75, 3.05) is 12.3 Å². The highest BCUT2D eigenvalue weighted by Crippen LogP contribution is 2.35. The quantitative estimate of drug-likeness (QED) is 0.508. The van der Waals surface area contributed by atoms with Crippen LogP contribution in [0.2, 0.25) is 0 Å². The minimum Gasteiger partial charge on any atom is -0.394 e. The molecule has 0 bridgehead atoms. The average Bonchev–Trinajstić information content (AvgIpc) is 2.93. The standard InChI is InChI=1S/C10H11BrClN5O3/c11-10-15-7(13)5-8(16-10)17(2-14-5)9-4(12)6(19)3(1-18)20-9/h2-4,6,9,18-19H,1H2,(H2,13,15,16)/t3-,4+,6-,9-/m1/s1. The van der Waals surface area contributed by atoms with Gasteiger partial charge in [0.05, 0.1) is 12.9 Å². The van der Waals surface area contributed by atoms with Crippen molar-refractivity contribution in [3.8, 4) is 0 Å². The van der Waals surface area contributed by atoms with E-state index in [0.717, 1.165) is 0 Å². The SMILES string of the molecule is Nc1nc(Br)nc2c1ncn2[C@@H]1O[C@H](CO)[C@@H](O)[C@@H]1Cl. The Morgan fingerprint density at radius 1 is 1.50 bits per heavy atom. The van der Waals surface area contributed by atoms with Gasteiger partial charge in [-0.25, -0.2) is 15.0 Å². The molecule has 1 saturated heterocycles. The minimum atomic E-state index is -0.980. The van der Waals surface area contributed by atoms with Crippen molar-refractivity contribution in [3.05, 3.63) is 11.1 Å². The lowest BCUT2D eigenvalue weighted by atomic mass is 10.2. The molecular weight excluding hydrogens is 353 g/mol. The predicted molar refractivity (Wildman–Crippen MR) is 74.1 cm³/mol. The van der Waals surface area contributed by atoms with E-state index in [9.17, 15) is 5.11 Å². The molecule has 0 amide bonds. The molecule has 1 fully saturated rings. The molecule has 2 aromatic heterocycles. The van der Waals surface area contributed by atoms with E-state index >= 15 is 0 Å². The summed E-state index contributed by atoms with van der Waals surface area (Å²) in [6.45, 7) is -0.325. The van der Waals surface area contributed by atoms with Crippen LogP contribution in [0.5, 0.6) is 0 Å². The number of ether oxygens (including phenoxy) is 1. The number of imidazole rings is 1. The van der Waals surface area contributed by atoms with Crippen LogP contribution in [-0.4, -0.2) is 53.9 Å². The van der Waals surface area contributed by atoms with E-state index in [-0.39, 0.29) is 12.4 Å². The second-order valence-electron chi connectivity index (χ2n) is 4.38. The maximum Gasteiger partial charge on any atom is 0.200 e. The van der Waals surface area contributed by atoms with Crippen LogP contribution in [0.4, 0.5) is 5.82 Å². The molecule has 10 heteroatoms. The summed E-state index contributed by atoms with van der Waals surface area (Å²) in [4.78, 5) is 12.3. The van der Waals surface area contributed by atoms with Crippen LogP contribution in [-0.2, 0) is 4.74 Å². The number of aliphatic hydroxyl groups excluding tert-OH is 2. The number of fused-ring (bicyclic) bond motifs is 1. The number of nitrogen functional groups attached to an aromatic ring is 1. The van der Waals surface area contributed by atoms with E-state index in [1.54, 1.807) is 4.57 Å². The van der Waals surface area contributed by atoms with E-state index < -0.39 is 23.8 Å². The molecule has 8 nitrogen and oxygen atoms in total. The number of aromatic nitrogens is 4. The first kappa shape index (κ1) is 14.0. The van der Waals surface area contributed by atoms with Crippen LogP contribution in [0.25, 0.3) is 11.2 Å². The van der Waals surface area contributed by atoms with Crippen molar-refractivity contribution in [1.82, 2.24) is 19.5 Å². The summed E-state index contributed by atoms with van der Waals surface area (Å²) in [6.07, 6.45) is -0.960. The lowest BCUT2D eigenvalue weighted by Gasteiger charge is -2.15. The third-order valence-corrected chi connectivity index (χ3v) is 4.00. The fraction of sp³-hybridized carbons (Fsp3) is 0.500. The van der Waals surface area contributed by atoms with Crippen molar-refractivity contribution in [2.24, 2.45) is 0 Å². The lowest BCUT2D eigenvalue weighted by molar-refractivity contribution is -0.0431. The van der Waals surface area contributed by atoms with Gasteiger partial charge in [-0.05, 0) is 15.9 Å². The average molecular weight is 365 g/mol. The molecule has 0 saturated carbocycles. The molecule has 108 valence electrons. The van der Waals surface area contributed by atoms with Crippen molar-refractivity contribution in [1.29, 1.82) is 0 Å². The van der Waals surface area contributed by atoms with Gasteiger partial charge in [0, 0.05) is 0 Å². The zero-order chi connectivity index (χ0) is 14.4. The molecule has 20 heavy (non-hydrogen) atoms. The van der Waals surface area contributed by atoms with Gasteiger partial charge in [-0.15, -0.1) is 11.6 Å². The first-order valence-corrected chi connectivity index (χ1v) is 7.00. The van der Waals surface area contributed by atoms with Gasteiger partial charge < -0.3 is 20.7 Å². The topological polar surface area (TPSA) is 119 Å². The Balaban J connectivity index is 2.07. The second kappa shape index (κ2) is 5.08. The summed E-state index contributed by atoms with van der Waals surface area (Å²) in [5.41, 5.74) is 6.62. The number of hydrogen-bond acceptors (Lipinski definition) is 7. The molecule has 0 aliphatic carbocycles. The molecule has 3 heterocycles. The van der Waals surface area contributed by atoms with Crippen molar-refractivity contribution in [2.45, 2.75) is 23.8 Å². The number of nitrogens with two attached hydrogens (primary N) is 1. The molecule has 0 spiro atoms. The predicted octanol–water partition coefficient (Wildman–Crippen LogP) is 0.0290. The molecular formula is C10H11BrClN5O3. The number of alkyl halides is 1. The highest BCUT2D eigenvalue weighted by Gasteiger charge is 2.43. The van der Waals surface area contributed by atoms with Crippen molar-refractivity contribution >= 4 is 44.5 Å². The molecule has 3 rings (SSSR count). The van der Waals surface area contributed by atoms with Gasteiger partial charge in [-0.3, -0.25) is 4.57 Å². The normalized spacial score (nSPS) is 30.2. The third kappa shape index (κ3) is 2.06. The van der Waals surface area contributed by atoms with E-state index in [1.807, 2.05) is 0 Å². The number of rotatable bonds is 2. The van der Waals surface area contributed by atoms with E-state index in [4.69, 9.17) is 27.2 Å². The van der Waals surface area contributed by atoms with Crippen LogP contribution in [0.1, 0.15) is 6.23 Å². The molecule has 4 atom stereocenters. The van der Waals surface area contributed by atoms with Crippen LogP contribution in [0, 0.1) is 0 Å². The molecule has 1 aliphatic rings. The maximum absolute atomic E-state index is 9.89. The molecule has 0 aromatic carbocycles. The number of anilines is 1. The first-order chi connectivity index (χ1) is 9.52. The van der Waals surface area contributed by atoms with Crippen LogP contribution < -0.4 is 5.73 Å². The Bertz CT molecular complexity index is 653. The van der Waals surface area contributed by atoms with Gasteiger partial charge in [0.15, 0.2) is 17.7 Å². The Morgan fingerprint density at radius 3 is 2.90 bits per heavy atom. The summed E-state index contributed by atoms with van der Waals surface area (Å²) in [6, 6.07) is 0. The van der Waals surface area contributed by atoms with Gasteiger partial charge in [0.2, 0.25) is 4.73 Å².